The van der Waals surface area contributed by atoms with E-state index in [0.29, 0.717) is 46.3 Å². The molecule has 0 spiro atoms. The van der Waals surface area contributed by atoms with E-state index >= 15 is 0 Å². The average Bonchev–Trinajstić information content (AvgIpc) is 3.69. The quantitative estimate of drug-likeness (QED) is 0.111. The highest BCUT2D eigenvalue weighted by Gasteiger charge is 2.28. The van der Waals surface area contributed by atoms with Crippen molar-refractivity contribution < 1.29 is 44.6 Å². The summed E-state index contributed by atoms with van der Waals surface area (Å²) in [5, 5.41) is 0. The molecule has 4 aromatic carbocycles. The van der Waals surface area contributed by atoms with Crippen molar-refractivity contribution in [2.24, 2.45) is 0 Å². The van der Waals surface area contributed by atoms with Crippen LogP contribution in [-0.4, -0.2) is 44.0 Å². The van der Waals surface area contributed by atoms with Crippen LogP contribution in [-0.2, 0) is 26.8 Å². The van der Waals surface area contributed by atoms with Crippen molar-refractivity contribution >= 4 is 43.1 Å². The van der Waals surface area contributed by atoms with E-state index in [1.807, 2.05) is 122 Å². The number of nitrogens with zero attached hydrogens (tertiary/aromatic N) is 2. The molecule has 1 aliphatic rings. The Morgan fingerprint density at radius 1 is 0.755 bits per heavy atom. The fourth-order valence-electron chi connectivity index (χ4n) is 5.81. The lowest BCUT2D eigenvalue weighted by molar-refractivity contribution is -0.673. The Balaban J connectivity index is 0.000000729. The number of ether oxygens (including phenoxy) is 1. The van der Waals surface area contributed by atoms with Crippen LogP contribution >= 0.6 is 0 Å². The number of hydrogen-bond acceptors (Lipinski definition) is 9. The largest absolute Gasteiger partial charge is 0.748 e. The number of nitrogens with one attached hydrogen (secondary N) is 1. The van der Waals surface area contributed by atoms with Gasteiger partial charge >= 0.3 is 5.89 Å². The highest BCUT2D eigenvalue weighted by atomic mass is 32.2. The first-order valence-corrected chi connectivity index (χ1v) is 20.0. The highest BCUT2D eigenvalue weighted by Crippen LogP contribution is 2.42. The number of H-pyrrole nitrogens is 1. The molecule has 0 saturated carbocycles. The third kappa shape index (κ3) is 9.84. The van der Waals surface area contributed by atoms with Gasteiger partial charge in [-0.3, -0.25) is 0 Å². The summed E-state index contributed by atoms with van der Waals surface area (Å²) < 4.78 is 83.9. The maximum atomic E-state index is 11.6. The van der Waals surface area contributed by atoms with Gasteiger partial charge in [0.05, 0.1) is 33.4 Å². The molecule has 13 heteroatoms. The maximum Gasteiger partial charge on any atom is 0.374 e. The van der Waals surface area contributed by atoms with Gasteiger partial charge in [-0.1, -0.05) is 85.8 Å². The number of fused-ring (bicyclic) bond motifs is 2. The van der Waals surface area contributed by atoms with Crippen LogP contribution in [0.5, 0.6) is 5.75 Å². The molecule has 3 heterocycles. The van der Waals surface area contributed by atoms with Crippen molar-refractivity contribution in [3.8, 4) is 28.0 Å². The lowest BCUT2D eigenvalue weighted by atomic mass is 10.0. The first kappa shape index (κ1) is 37.2. The Labute approximate surface area is 308 Å². The van der Waals surface area contributed by atoms with E-state index in [-0.39, 0.29) is 13.1 Å². The summed E-state index contributed by atoms with van der Waals surface area (Å²) >= 11 is 0. The number of anilines is 1. The van der Waals surface area contributed by atoms with Crippen LogP contribution in [0.25, 0.3) is 39.4 Å². The second kappa shape index (κ2) is 16.4. The van der Waals surface area contributed by atoms with E-state index < -0.39 is 31.7 Å². The SMILES string of the molecule is CCC(/C=C1\Oc2ccc(-c3ccccc3)cc2N1CCS(=O)(=O)[O-])=C\c1oc2ccc(-c3ccccc3)cc2[n+]1CCS(=O)(=O)[O-].c1cc[nH+]cc1. The lowest BCUT2D eigenvalue weighted by Crippen LogP contribution is -2.38. The first-order valence-electron chi connectivity index (χ1n) is 16.8. The second-order valence-corrected chi connectivity index (χ2v) is 15.1. The highest BCUT2D eigenvalue weighted by molar-refractivity contribution is 7.85. The van der Waals surface area contributed by atoms with E-state index in [9.17, 15) is 25.9 Å². The monoisotopic (exact) mass is 751 g/mol. The topological polar surface area (TPSA) is 158 Å². The van der Waals surface area contributed by atoms with Gasteiger partial charge in [-0.05, 0) is 52.4 Å². The summed E-state index contributed by atoms with van der Waals surface area (Å²) in [4.78, 5) is 4.55. The van der Waals surface area contributed by atoms with Crippen LogP contribution < -0.4 is 19.2 Å². The summed E-state index contributed by atoms with van der Waals surface area (Å²) in [7, 11) is -9.05. The predicted molar refractivity (Wildman–Crippen MR) is 200 cm³/mol. The van der Waals surface area contributed by atoms with Crippen molar-refractivity contribution in [2.75, 3.05) is 23.0 Å². The molecule has 0 atom stereocenters. The number of hydrogen-bond donors (Lipinski definition) is 0. The van der Waals surface area contributed by atoms with Gasteiger partial charge < -0.3 is 23.2 Å². The molecule has 272 valence electrons. The summed E-state index contributed by atoms with van der Waals surface area (Å²) in [6.07, 6.45) is 7.70. The molecule has 2 aromatic heterocycles. The first-order chi connectivity index (χ1) is 25.5. The summed E-state index contributed by atoms with van der Waals surface area (Å²) in [5.41, 5.74) is 6.14. The average molecular weight is 752 g/mol. The van der Waals surface area contributed by atoms with Crippen molar-refractivity contribution in [2.45, 2.75) is 19.9 Å². The van der Waals surface area contributed by atoms with Gasteiger partial charge in [-0.15, -0.1) is 0 Å². The molecule has 0 aliphatic carbocycles. The number of oxazole rings is 1. The fourth-order valence-corrected chi connectivity index (χ4v) is 6.62. The zero-order valence-electron chi connectivity index (χ0n) is 28.8. The number of aromatic amines is 1. The van der Waals surface area contributed by atoms with Crippen LogP contribution in [0.2, 0.25) is 0 Å². The van der Waals surface area contributed by atoms with Crippen LogP contribution in [0.1, 0.15) is 19.2 Å². The van der Waals surface area contributed by atoms with Gasteiger partial charge in [0.25, 0.3) is 5.52 Å². The molecule has 0 radical (unpaired) electrons. The number of pyridine rings is 1. The molecule has 1 N–H and O–H groups in total. The molecule has 6 aromatic rings. The molecule has 53 heavy (non-hydrogen) atoms. The zero-order chi connectivity index (χ0) is 37.4. The van der Waals surface area contributed by atoms with Crippen LogP contribution in [0, 0.1) is 0 Å². The van der Waals surface area contributed by atoms with E-state index in [0.717, 1.165) is 22.3 Å². The van der Waals surface area contributed by atoms with Crippen LogP contribution in [0.15, 0.2) is 150 Å². The van der Waals surface area contributed by atoms with Crippen molar-refractivity contribution in [1.29, 1.82) is 0 Å². The third-order valence-corrected chi connectivity index (χ3v) is 9.80. The third-order valence-electron chi connectivity index (χ3n) is 8.44. The summed E-state index contributed by atoms with van der Waals surface area (Å²) in [5.74, 6) is -0.130. The van der Waals surface area contributed by atoms with Gasteiger partial charge in [0.15, 0.2) is 24.7 Å². The molecule has 0 fully saturated rings. The minimum Gasteiger partial charge on any atom is -0.748 e. The predicted octanol–water partition coefficient (Wildman–Crippen LogP) is 6.18. The Morgan fingerprint density at radius 2 is 1.36 bits per heavy atom. The summed E-state index contributed by atoms with van der Waals surface area (Å²) in [6.45, 7) is 1.65. The van der Waals surface area contributed by atoms with Gasteiger partial charge in [-0.2, -0.15) is 4.57 Å². The Bertz CT molecular complexity index is 2440. The van der Waals surface area contributed by atoms with E-state index in [4.69, 9.17) is 9.15 Å². The van der Waals surface area contributed by atoms with Crippen LogP contribution in [0.4, 0.5) is 5.69 Å². The minimum atomic E-state index is -4.53. The van der Waals surface area contributed by atoms with Gasteiger partial charge in [0, 0.05) is 30.8 Å². The molecule has 0 saturated heterocycles. The van der Waals surface area contributed by atoms with E-state index in [1.165, 1.54) is 0 Å². The normalized spacial score (nSPS) is 13.8. The fraction of sp³-hybridized carbons (Fsp3) is 0.150. The maximum absolute atomic E-state index is 11.6. The second-order valence-electron chi connectivity index (χ2n) is 12.1. The number of rotatable bonds is 11. The molecule has 0 unspecified atom stereocenters. The standard InChI is InChI=1S/C35H32N2O8S2.C5H5N/c1-2-25(21-34-36(17-19-46(38,39)40)30-23-28(13-15-32(30)44-34)26-9-5-3-6-10-26)22-35-37(18-20-47(41,42)43)31-24-29(14-16-33(31)45-35)27-11-7-4-8-12-27;1-2-4-6-5-3-1/h3-16,21-24H,2,17-20H2,1H3,(H-,38,39,40,41,42,43);1-5H. The van der Waals surface area contributed by atoms with Gasteiger partial charge in [0.1, 0.15) is 10.1 Å². The number of aromatic nitrogens is 2. The molecular formula is C40H37N3O8S2. The summed E-state index contributed by atoms with van der Waals surface area (Å²) in [6, 6.07) is 36.4. The van der Waals surface area contributed by atoms with Gasteiger partial charge in [0.2, 0.25) is 11.5 Å². The smallest absolute Gasteiger partial charge is 0.374 e. The van der Waals surface area contributed by atoms with E-state index in [1.54, 1.807) is 33.8 Å². The Hall–Kier alpha value is -5.60. The Kier molecular flexibility index (Phi) is 11.5. The number of benzene rings is 4. The van der Waals surface area contributed by atoms with Crippen LogP contribution in [0.3, 0.4) is 0 Å². The molecule has 11 nitrogen and oxygen atoms in total. The van der Waals surface area contributed by atoms with Crippen molar-refractivity contribution in [3.63, 3.8) is 0 Å². The molecule has 0 amide bonds. The van der Waals surface area contributed by atoms with Crippen molar-refractivity contribution in [1.82, 2.24) is 0 Å². The number of aryl methyl sites for hydroxylation is 1. The molecule has 1 aliphatic heterocycles. The Morgan fingerprint density at radius 3 is 1.92 bits per heavy atom. The molecule has 7 rings (SSSR count). The van der Waals surface area contributed by atoms with E-state index in [2.05, 4.69) is 4.98 Å². The van der Waals surface area contributed by atoms with Crippen molar-refractivity contribution in [3.05, 3.63) is 151 Å². The zero-order valence-corrected chi connectivity index (χ0v) is 30.4. The number of allylic oxidation sites excluding steroid dienone is 2. The van der Waals surface area contributed by atoms with Gasteiger partial charge in [-0.25, -0.2) is 21.8 Å². The minimum absolute atomic E-state index is 0.131. The molecular weight excluding hydrogens is 715 g/mol. The lowest BCUT2D eigenvalue weighted by Gasteiger charge is -2.20. The molecule has 0 bridgehead atoms.